The van der Waals surface area contributed by atoms with Crippen LogP contribution >= 0.6 is 0 Å². The Balaban J connectivity index is 2.15. The Morgan fingerprint density at radius 2 is 1.78 bits per heavy atom. The molecule has 6 heteroatoms. The highest BCUT2D eigenvalue weighted by atomic mass is 16.6. The molecule has 0 saturated carbocycles. The van der Waals surface area contributed by atoms with Crippen LogP contribution in [0.25, 0.3) is 0 Å². The second kappa shape index (κ2) is 9.02. The Labute approximate surface area is 137 Å². The van der Waals surface area contributed by atoms with Crippen molar-refractivity contribution in [3.8, 4) is 0 Å². The highest BCUT2D eigenvalue weighted by molar-refractivity contribution is 5.68. The Kier molecular flexibility index (Phi) is 7.38. The standard InChI is InChI=1S/C17H26N2O4/c1-13(19-16(21)23-17(2,3)4)10-11-18-15(20)22-12-14-8-6-5-7-9-14/h5-9,13H,10-12H2,1-4H3,(H,18,20)(H,19,21)/t13-/m1/s1. The molecule has 1 atom stereocenters. The third-order valence-corrected chi connectivity index (χ3v) is 2.82. The van der Waals surface area contributed by atoms with Crippen molar-refractivity contribution in [1.82, 2.24) is 10.6 Å². The largest absolute Gasteiger partial charge is 0.445 e. The molecule has 0 unspecified atom stereocenters. The van der Waals surface area contributed by atoms with Gasteiger partial charge in [-0.2, -0.15) is 0 Å². The number of carbonyl (C=O) groups is 2. The number of rotatable bonds is 6. The summed E-state index contributed by atoms with van der Waals surface area (Å²) in [7, 11) is 0. The Morgan fingerprint density at radius 3 is 2.39 bits per heavy atom. The van der Waals surface area contributed by atoms with Crippen LogP contribution in [0.3, 0.4) is 0 Å². The molecule has 0 aliphatic rings. The first-order valence-electron chi connectivity index (χ1n) is 7.70. The van der Waals surface area contributed by atoms with Crippen LogP contribution in [0.2, 0.25) is 0 Å². The predicted octanol–water partition coefficient (Wildman–Crippen LogP) is 3.22. The van der Waals surface area contributed by atoms with Gasteiger partial charge in [0.15, 0.2) is 0 Å². The summed E-state index contributed by atoms with van der Waals surface area (Å²) < 4.78 is 10.3. The summed E-state index contributed by atoms with van der Waals surface area (Å²) in [6, 6.07) is 9.35. The minimum Gasteiger partial charge on any atom is -0.445 e. The Morgan fingerprint density at radius 1 is 1.13 bits per heavy atom. The maximum absolute atomic E-state index is 11.6. The number of nitrogens with one attached hydrogen (secondary N) is 2. The molecule has 0 radical (unpaired) electrons. The third kappa shape index (κ3) is 9.39. The van der Waals surface area contributed by atoms with Gasteiger partial charge in [0, 0.05) is 12.6 Å². The lowest BCUT2D eigenvalue weighted by Gasteiger charge is -2.22. The van der Waals surface area contributed by atoms with Crippen molar-refractivity contribution >= 4 is 12.2 Å². The maximum atomic E-state index is 11.6. The van der Waals surface area contributed by atoms with Crippen molar-refractivity contribution in [2.75, 3.05) is 6.54 Å². The zero-order chi connectivity index (χ0) is 17.3. The minimum atomic E-state index is -0.525. The normalized spacial score (nSPS) is 12.2. The molecular formula is C17H26N2O4. The number of carbonyl (C=O) groups excluding carboxylic acids is 2. The van der Waals surface area contributed by atoms with E-state index in [4.69, 9.17) is 9.47 Å². The molecule has 0 aliphatic heterocycles. The molecule has 128 valence electrons. The monoisotopic (exact) mass is 322 g/mol. The van der Waals surface area contributed by atoms with E-state index < -0.39 is 17.8 Å². The van der Waals surface area contributed by atoms with E-state index >= 15 is 0 Å². The smallest absolute Gasteiger partial charge is 0.407 e. The molecule has 1 aromatic rings. The number of amides is 2. The lowest BCUT2D eigenvalue weighted by atomic mass is 10.2. The fourth-order valence-electron chi connectivity index (χ4n) is 1.75. The van der Waals surface area contributed by atoms with Crippen LogP contribution in [-0.2, 0) is 16.1 Å². The van der Waals surface area contributed by atoms with Crippen molar-refractivity contribution in [2.45, 2.75) is 52.4 Å². The topological polar surface area (TPSA) is 76.7 Å². The molecule has 6 nitrogen and oxygen atoms in total. The molecule has 1 aromatic carbocycles. The summed E-state index contributed by atoms with van der Waals surface area (Å²) in [5.74, 6) is 0. The van der Waals surface area contributed by atoms with Crippen LogP contribution < -0.4 is 10.6 Å². The third-order valence-electron chi connectivity index (χ3n) is 2.82. The number of hydrogen-bond acceptors (Lipinski definition) is 4. The molecule has 0 spiro atoms. The van der Waals surface area contributed by atoms with E-state index in [1.807, 2.05) is 58.0 Å². The molecule has 0 aromatic heterocycles. The van der Waals surface area contributed by atoms with Crippen LogP contribution in [0.1, 0.15) is 39.7 Å². The summed E-state index contributed by atoms with van der Waals surface area (Å²) >= 11 is 0. The number of ether oxygens (including phenoxy) is 2. The zero-order valence-corrected chi connectivity index (χ0v) is 14.2. The molecule has 2 N–H and O–H groups in total. The van der Waals surface area contributed by atoms with Gasteiger partial charge in [0.25, 0.3) is 0 Å². The Hall–Kier alpha value is -2.24. The van der Waals surface area contributed by atoms with Gasteiger partial charge in [0.05, 0.1) is 0 Å². The first kappa shape index (κ1) is 18.8. The van der Waals surface area contributed by atoms with E-state index in [0.29, 0.717) is 13.0 Å². The second-order valence-corrected chi connectivity index (χ2v) is 6.32. The van der Waals surface area contributed by atoms with Crippen molar-refractivity contribution < 1.29 is 19.1 Å². The van der Waals surface area contributed by atoms with Crippen LogP contribution in [0.5, 0.6) is 0 Å². The molecule has 0 fully saturated rings. The van der Waals surface area contributed by atoms with E-state index in [1.54, 1.807) is 0 Å². The zero-order valence-electron chi connectivity index (χ0n) is 14.2. The fraction of sp³-hybridized carbons (Fsp3) is 0.529. The van der Waals surface area contributed by atoms with Gasteiger partial charge in [-0.1, -0.05) is 30.3 Å². The van der Waals surface area contributed by atoms with Gasteiger partial charge in [-0.05, 0) is 39.7 Å². The summed E-state index contributed by atoms with van der Waals surface area (Å²) in [5.41, 5.74) is 0.408. The van der Waals surface area contributed by atoms with Crippen LogP contribution in [0.15, 0.2) is 30.3 Å². The van der Waals surface area contributed by atoms with E-state index in [-0.39, 0.29) is 12.6 Å². The van der Waals surface area contributed by atoms with E-state index in [9.17, 15) is 9.59 Å². The molecule has 2 amide bonds. The Bertz CT molecular complexity index is 497. The molecule has 0 bridgehead atoms. The van der Waals surface area contributed by atoms with Gasteiger partial charge in [-0.25, -0.2) is 9.59 Å². The first-order valence-corrected chi connectivity index (χ1v) is 7.70. The summed E-state index contributed by atoms with van der Waals surface area (Å²) in [5, 5.41) is 5.37. The van der Waals surface area contributed by atoms with Gasteiger partial charge < -0.3 is 20.1 Å². The predicted molar refractivity (Wildman–Crippen MR) is 88.1 cm³/mol. The highest BCUT2D eigenvalue weighted by Gasteiger charge is 2.17. The van der Waals surface area contributed by atoms with Gasteiger partial charge in [0.1, 0.15) is 12.2 Å². The van der Waals surface area contributed by atoms with Gasteiger partial charge in [-0.15, -0.1) is 0 Å². The summed E-state index contributed by atoms with van der Waals surface area (Å²) in [6.45, 7) is 7.91. The molecule has 0 saturated heterocycles. The molecule has 0 heterocycles. The van der Waals surface area contributed by atoms with E-state index in [1.165, 1.54) is 0 Å². The molecular weight excluding hydrogens is 296 g/mol. The maximum Gasteiger partial charge on any atom is 0.407 e. The van der Waals surface area contributed by atoms with Crippen molar-refractivity contribution in [2.24, 2.45) is 0 Å². The van der Waals surface area contributed by atoms with Crippen molar-refractivity contribution in [3.63, 3.8) is 0 Å². The van der Waals surface area contributed by atoms with Gasteiger partial charge >= 0.3 is 12.2 Å². The quantitative estimate of drug-likeness (QED) is 0.843. The van der Waals surface area contributed by atoms with Gasteiger partial charge in [-0.3, -0.25) is 0 Å². The van der Waals surface area contributed by atoms with Crippen LogP contribution in [0.4, 0.5) is 9.59 Å². The SMILES string of the molecule is C[C@H](CCNC(=O)OCc1ccccc1)NC(=O)OC(C)(C)C. The lowest BCUT2D eigenvalue weighted by Crippen LogP contribution is -2.39. The highest BCUT2D eigenvalue weighted by Crippen LogP contribution is 2.07. The number of alkyl carbamates (subject to hydrolysis) is 2. The number of benzene rings is 1. The summed E-state index contributed by atoms with van der Waals surface area (Å²) in [6.07, 6.45) is -0.352. The molecule has 1 rings (SSSR count). The van der Waals surface area contributed by atoms with Gasteiger partial charge in [0.2, 0.25) is 0 Å². The lowest BCUT2D eigenvalue weighted by molar-refractivity contribution is 0.0506. The van der Waals surface area contributed by atoms with E-state index in [0.717, 1.165) is 5.56 Å². The van der Waals surface area contributed by atoms with Crippen LogP contribution in [0, 0.1) is 0 Å². The van der Waals surface area contributed by atoms with E-state index in [2.05, 4.69) is 10.6 Å². The average Bonchev–Trinajstić information content (AvgIpc) is 2.44. The average molecular weight is 322 g/mol. The fourth-order valence-corrected chi connectivity index (χ4v) is 1.75. The van der Waals surface area contributed by atoms with Crippen molar-refractivity contribution in [1.29, 1.82) is 0 Å². The summed E-state index contributed by atoms with van der Waals surface area (Å²) in [4.78, 5) is 23.1. The van der Waals surface area contributed by atoms with Crippen molar-refractivity contribution in [3.05, 3.63) is 35.9 Å². The minimum absolute atomic E-state index is 0.112. The number of hydrogen-bond donors (Lipinski definition) is 2. The molecule has 0 aliphatic carbocycles. The first-order chi connectivity index (χ1) is 10.8. The molecule has 23 heavy (non-hydrogen) atoms. The second-order valence-electron chi connectivity index (χ2n) is 6.32. The van der Waals surface area contributed by atoms with Crippen LogP contribution in [-0.4, -0.2) is 30.4 Å².